The normalized spacial score (nSPS) is 29.5. The number of halogens is 3. The lowest BCUT2D eigenvalue weighted by molar-refractivity contribution is -0.340. The zero-order chi connectivity index (χ0) is 9.90. The van der Waals surface area contributed by atoms with E-state index in [-0.39, 0.29) is 12.6 Å². The summed E-state index contributed by atoms with van der Waals surface area (Å²) in [4.78, 5) is 0. The van der Waals surface area contributed by atoms with Crippen LogP contribution in [0.5, 0.6) is 0 Å². The van der Waals surface area contributed by atoms with E-state index in [0.717, 1.165) is 0 Å². The third-order valence-electron chi connectivity index (χ3n) is 1.85. The van der Waals surface area contributed by atoms with Gasteiger partial charge >= 0.3 is 6.36 Å². The van der Waals surface area contributed by atoms with E-state index in [1.165, 1.54) is 7.11 Å². The van der Waals surface area contributed by atoms with Crippen LogP contribution in [0.15, 0.2) is 0 Å². The Bertz CT molecular complexity index is 162. The molecule has 3 nitrogen and oxygen atoms in total. The van der Waals surface area contributed by atoms with Gasteiger partial charge in [-0.1, -0.05) is 0 Å². The summed E-state index contributed by atoms with van der Waals surface area (Å²) in [6.07, 6.45) is -4.97. The Hall–Kier alpha value is -0.330. The summed E-state index contributed by atoms with van der Waals surface area (Å²) >= 11 is 0. The predicted molar refractivity (Wildman–Crippen MR) is 39.2 cm³/mol. The van der Waals surface area contributed by atoms with Crippen LogP contribution >= 0.6 is 0 Å². The fraction of sp³-hybridized carbons (Fsp3) is 1.00. The van der Waals surface area contributed by atoms with Gasteiger partial charge in [-0.2, -0.15) is 0 Å². The molecule has 2 atom stereocenters. The maximum absolute atomic E-state index is 11.7. The van der Waals surface area contributed by atoms with Crippen LogP contribution in [0.2, 0.25) is 0 Å². The summed E-state index contributed by atoms with van der Waals surface area (Å²) in [7, 11) is 1.51. The number of hydrogen-bond donors (Lipinski definition) is 1. The van der Waals surface area contributed by atoms with E-state index in [2.05, 4.69) is 10.1 Å². The van der Waals surface area contributed by atoms with Crippen molar-refractivity contribution in [2.75, 3.05) is 20.3 Å². The molecule has 1 saturated heterocycles. The lowest BCUT2D eigenvalue weighted by Crippen LogP contribution is -2.26. The van der Waals surface area contributed by atoms with Gasteiger partial charge in [0.2, 0.25) is 0 Å². The predicted octanol–water partition coefficient (Wildman–Crippen LogP) is 0.900. The molecule has 1 heterocycles. The molecule has 0 aromatic carbocycles. The summed E-state index contributed by atoms with van der Waals surface area (Å²) in [6, 6.07) is -0.0302. The fourth-order valence-corrected chi connectivity index (χ4v) is 1.39. The van der Waals surface area contributed by atoms with Crippen molar-refractivity contribution in [2.24, 2.45) is 0 Å². The third kappa shape index (κ3) is 3.93. The van der Waals surface area contributed by atoms with Crippen molar-refractivity contribution < 1.29 is 22.6 Å². The van der Waals surface area contributed by atoms with Gasteiger partial charge < -0.3 is 10.1 Å². The Morgan fingerprint density at radius 2 is 2.15 bits per heavy atom. The molecule has 78 valence electrons. The average Bonchev–Trinajstić information content (AvgIpc) is 2.33. The second-order valence-corrected chi connectivity index (χ2v) is 2.98. The second kappa shape index (κ2) is 4.26. The lowest BCUT2D eigenvalue weighted by Gasteiger charge is -2.13. The monoisotopic (exact) mass is 199 g/mol. The first-order chi connectivity index (χ1) is 6.01. The van der Waals surface area contributed by atoms with E-state index in [1.807, 2.05) is 0 Å². The molecular formula is C7H12F3NO2. The molecule has 0 bridgehead atoms. The molecule has 0 amide bonds. The maximum Gasteiger partial charge on any atom is 0.522 e. The molecule has 1 aliphatic rings. The number of methoxy groups -OCH3 is 1. The zero-order valence-electron chi connectivity index (χ0n) is 7.23. The average molecular weight is 199 g/mol. The topological polar surface area (TPSA) is 30.5 Å². The smallest absolute Gasteiger partial charge is 0.383 e. The van der Waals surface area contributed by atoms with Crippen molar-refractivity contribution in [2.45, 2.75) is 24.9 Å². The molecule has 0 aromatic rings. The highest BCUT2D eigenvalue weighted by molar-refractivity contribution is 4.82. The first kappa shape index (κ1) is 10.7. The minimum atomic E-state index is -4.53. The molecule has 0 radical (unpaired) electrons. The van der Waals surface area contributed by atoms with Gasteiger partial charge in [-0.25, -0.2) is 0 Å². The van der Waals surface area contributed by atoms with E-state index >= 15 is 0 Å². The molecular weight excluding hydrogens is 187 g/mol. The van der Waals surface area contributed by atoms with Gasteiger partial charge in [0.25, 0.3) is 0 Å². The van der Waals surface area contributed by atoms with Crippen LogP contribution in [0.4, 0.5) is 13.2 Å². The summed E-state index contributed by atoms with van der Waals surface area (Å²) in [5.74, 6) is 0. The van der Waals surface area contributed by atoms with E-state index in [9.17, 15) is 13.2 Å². The van der Waals surface area contributed by atoms with Crippen molar-refractivity contribution in [3.05, 3.63) is 0 Å². The molecule has 1 aliphatic heterocycles. The Morgan fingerprint density at radius 3 is 2.69 bits per heavy atom. The summed E-state index contributed by atoms with van der Waals surface area (Å²) in [5, 5.41) is 2.88. The van der Waals surface area contributed by atoms with Gasteiger partial charge in [-0.05, 0) is 6.42 Å². The van der Waals surface area contributed by atoms with Gasteiger partial charge in [0.1, 0.15) is 0 Å². The SMILES string of the molecule is COC[C@@H]1C[C@H](OC(F)(F)F)CN1. The highest BCUT2D eigenvalue weighted by Gasteiger charge is 2.36. The number of hydrogen-bond acceptors (Lipinski definition) is 3. The second-order valence-electron chi connectivity index (χ2n) is 2.98. The fourth-order valence-electron chi connectivity index (χ4n) is 1.39. The van der Waals surface area contributed by atoms with Crippen LogP contribution in [0, 0.1) is 0 Å². The van der Waals surface area contributed by atoms with E-state index in [0.29, 0.717) is 13.0 Å². The first-order valence-corrected chi connectivity index (χ1v) is 3.98. The van der Waals surface area contributed by atoms with Gasteiger partial charge in [0, 0.05) is 19.7 Å². The maximum atomic E-state index is 11.7. The minimum absolute atomic E-state index is 0.0302. The molecule has 1 rings (SSSR count). The Labute approximate surface area is 74.2 Å². The van der Waals surface area contributed by atoms with Crippen LogP contribution < -0.4 is 5.32 Å². The molecule has 1 N–H and O–H groups in total. The lowest BCUT2D eigenvalue weighted by atomic mass is 10.2. The van der Waals surface area contributed by atoms with Crippen molar-refractivity contribution >= 4 is 0 Å². The van der Waals surface area contributed by atoms with Gasteiger partial charge in [0.05, 0.1) is 12.7 Å². The van der Waals surface area contributed by atoms with E-state index in [4.69, 9.17) is 4.74 Å². The zero-order valence-corrected chi connectivity index (χ0v) is 7.23. The quantitative estimate of drug-likeness (QED) is 0.732. The van der Waals surface area contributed by atoms with Crippen LogP contribution in [0.3, 0.4) is 0 Å². The molecule has 0 unspecified atom stereocenters. The minimum Gasteiger partial charge on any atom is -0.383 e. The highest BCUT2D eigenvalue weighted by atomic mass is 19.4. The molecule has 0 aromatic heterocycles. The van der Waals surface area contributed by atoms with E-state index in [1.54, 1.807) is 0 Å². The Morgan fingerprint density at radius 1 is 1.46 bits per heavy atom. The third-order valence-corrected chi connectivity index (χ3v) is 1.85. The number of ether oxygens (including phenoxy) is 2. The largest absolute Gasteiger partial charge is 0.522 e. The van der Waals surface area contributed by atoms with Crippen LogP contribution in [-0.4, -0.2) is 38.8 Å². The molecule has 0 spiro atoms. The molecule has 0 aliphatic carbocycles. The van der Waals surface area contributed by atoms with E-state index < -0.39 is 12.5 Å². The number of nitrogens with one attached hydrogen (secondary N) is 1. The van der Waals surface area contributed by atoms with Crippen LogP contribution in [0.25, 0.3) is 0 Å². The van der Waals surface area contributed by atoms with Crippen molar-refractivity contribution in [3.63, 3.8) is 0 Å². The van der Waals surface area contributed by atoms with Crippen molar-refractivity contribution in [3.8, 4) is 0 Å². The van der Waals surface area contributed by atoms with Crippen LogP contribution in [0.1, 0.15) is 6.42 Å². The Balaban J connectivity index is 2.25. The van der Waals surface area contributed by atoms with Gasteiger partial charge in [-0.15, -0.1) is 13.2 Å². The van der Waals surface area contributed by atoms with Crippen molar-refractivity contribution in [1.29, 1.82) is 0 Å². The molecule has 13 heavy (non-hydrogen) atoms. The standard InChI is InChI=1S/C7H12F3NO2/c1-12-4-5-2-6(3-11-5)13-7(8,9)10/h5-6,11H,2-4H2,1H3/t5-,6-/m0/s1. The van der Waals surface area contributed by atoms with Gasteiger partial charge in [-0.3, -0.25) is 4.74 Å². The number of alkyl halides is 3. The summed E-state index contributed by atoms with van der Waals surface area (Å²) in [6.45, 7) is 0.644. The Kier molecular flexibility index (Phi) is 3.52. The number of rotatable bonds is 3. The summed E-state index contributed by atoms with van der Waals surface area (Å²) in [5.41, 5.74) is 0. The van der Waals surface area contributed by atoms with Crippen molar-refractivity contribution in [1.82, 2.24) is 5.32 Å². The summed E-state index contributed by atoms with van der Waals surface area (Å²) < 4.78 is 43.9. The highest BCUT2D eigenvalue weighted by Crippen LogP contribution is 2.22. The molecule has 0 saturated carbocycles. The molecule has 1 fully saturated rings. The first-order valence-electron chi connectivity index (χ1n) is 3.98. The van der Waals surface area contributed by atoms with Crippen LogP contribution in [-0.2, 0) is 9.47 Å². The van der Waals surface area contributed by atoms with Gasteiger partial charge in [0.15, 0.2) is 0 Å². The molecule has 6 heteroatoms.